The molecule has 152 valence electrons. The van der Waals surface area contributed by atoms with Crippen LogP contribution in [0.15, 0.2) is 52.7 Å². The number of amidine groups is 1. The number of carbonyl (C=O) groups excluding carboxylic acids is 1. The van der Waals surface area contributed by atoms with E-state index in [0.717, 1.165) is 11.1 Å². The van der Waals surface area contributed by atoms with Crippen molar-refractivity contribution >= 4 is 29.1 Å². The second-order valence-electron chi connectivity index (χ2n) is 6.31. The molecule has 0 aliphatic carbocycles. The third-order valence-electron chi connectivity index (χ3n) is 4.40. The highest BCUT2D eigenvalue weighted by Gasteiger charge is 2.36. The molecule has 1 heterocycles. The molecule has 8 heteroatoms. The predicted molar refractivity (Wildman–Crippen MR) is 113 cm³/mol. The Kier molecular flexibility index (Phi) is 6.87. The summed E-state index contributed by atoms with van der Waals surface area (Å²) in [6.07, 6.45) is 2.29. The average Bonchev–Trinajstić information content (AvgIpc) is 3.04. The number of benzene rings is 2. The highest BCUT2D eigenvalue weighted by Crippen LogP contribution is 2.31. The van der Waals surface area contributed by atoms with Crippen LogP contribution in [0.1, 0.15) is 24.5 Å². The summed E-state index contributed by atoms with van der Waals surface area (Å²) in [5, 5.41) is 8.76. The number of hydrogen-bond acceptors (Lipinski definition) is 6. The number of hydrogen-bond donors (Lipinski definition) is 0. The average molecular weight is 415 g/mol. The zero-order chi connectivity index (χ0) is 20.8. The molecule has 0 unspecified atom stereocenters. The largest absolute Gasteiger partial charge is 0.493 e. The predicted octanol–water partition coefficient (Wildman–Crippen LogP) is 4.09. The van der Waals surface area contributed by atoms with E-state index in [1.165, 1.54) is 23.9 Å². The molecule has 0 aromatic heterocycles. The first kappa shape index (κ1) is 20.9. The number of ether oxygens (including phenoxy) is 2. The van der Waals surface area contributed by atoms with E-state index in [2.05, 4.69) is 10.2 Å². The Balaban J connectivity index is 1.80. The van der Waals surface area contributed by atoms with Gasteiger partial charge < -0.3 is 9.47 Å². The van der Waals surface area contributed by atoms with Gasteiger partial charge in [-0.3, -0.25) is 9.69 Å². The molecule has 0 bridgehead atoms. The lowest BCUT2D eigenvalue weighted by molar-refractivity contribution is -0.126. The van der Waals surface area contributed by atoms with Gasteiger partial charge in [-0.1, -0.05) is 30.8 Å². The van der Waals surface area contributed by atoms with Crippen LogP contribution in [0.2, 0.25) is 0 Å². The molecule has 1 saturated heterocycles. The van der Waals surface area contributed by atoms with E-state index in [-0.39, 0.29) is 17.0 Å². The molecule has 29 heavy (non-hydrogen) atoms. The van der Waals surface area contributed by atoms with E-state index in [1.54, 1.807) is 49.6 Å². The summed E-state index contributed by atoms with van der Waals surface area (Å²) in [6, 6.07) is 11.5. The highest BCUT2D eigenvalue weighted by molar-refractivity contribution is 8.15. The third kappa shape index (κ3) is 4.95. The Bertz CT molecular complexity index is 931. The molecule has 1 aliphatic rings. The quantitative estimate of drug-likeness (QED) is 0.505. The minimum atomic E-state index is -0.310. The first-order valence-corrected chi connectivity index (χ1v) is 9.99. The summed E-state index contributed by atoms with van der Waals surface area (Å²) in [5.41, 5.74) is 1.62. The van der Waals surface area contributed by atoms with Crippen molar-refractivity contribution in [2.24, 2.45) is 10.2 Å². The molecule has 2 aromatic carbocycles. The monoisotopic (exact) mass is 415 g/mol. The first-order chi connectivity index (χ1) is 14.0. The van der Waals surface area contributed by atoms with Crippen molar-refractivity contribution in [3.8, 4) is 11.5 Å². The fourth-order valence-electron chi connectivity index (χ4n) is 2.84. The molecule has 1 amide bonds. The smallest absolute Gasteiger partial charge is 0.242 e. The number of amides is 1. The van der Waals surface area contributed by atoms with Gasteiger partial charge in [-0.05, 0) is 47.9 Å². The lowest BCUT2D eigenvalue weighted by Gasteiger charge is -2.15. The third-order valence-corrected chi connectivity index (χ3v) is 5.73. The summed E-state index contributed by atoms with van der Waals surface area (Å²) >= 11 is 1.39. The van der Waals surface area contributed by atoms with Gasteiger partial charge in [0, 0.05) is 0 Å². The van der Waals surface area contributed by atoms with Gasteiger partial charge in [0.25, 0.3) is 0 Å². The van der Waals surface area contributed by atoms with E-state index in [4.69, 9.17) is 9.47 Å². The molecular formula is C21H22FN3O3S. The van der Waals surface area contributed by atoms with Crippen LogP contribution >= 0.6 is 11.8 Å². The summed E-state index contributed by atoms with van der Waals surface area (Å²) in [4.78, 5) is 14.3. The maximum atomic E-state index is 13.2. The van der Waals surface area contributed by atoms with Crippen LogP contribution in [0.5, 0.6) is 11.5 Å². The molecule has 6 nitrogen and oxygen atoms in total. The molecular weight excluding hydrogens is 393 g/mol. The SMILES string of the molecule is CC[C@@H]1S/C(=N/N=C\c2ccc(OC)c(OC)c2)N(Cc2ccc(F)cc2)C1=O. The van der Waals surface area contributed by atoms with Gasteiger partial charge in [-0.25, -0.2) is 4.39 Å². The Morgan fingerprint density at radius 1 is 1.14 bits per heavy atom. The normalized spacial score (nSPS) is 18.1. The van der Waals surface area contributed by atoms with E-state index in [9.17, 15) is 9.18 Å². The van der Waals surface area contributed by atoms with Gasteiger partial charge in [-0.2, -0.15) is 5.10 Å². The van der Waals surface area contributed by atoms with Crippen molar-refractivity contribution in [2.75, 3.05) is 14.2 Å². The first-order valence-electron chi connectivity index (χ1n) is 9.11. The molecule has 1 fully saturated rings. The molecule has 3 rings (SSSR count). The Labute approximate surface area is 173 Å². The number of thioether (sulfide) groups is 1. The molecule has 0 N–H and O–H groups in total. The Hall–Kier alpha value is -2.87. The van der Waals surface area contributed by atoms with E-state index in [0.29, 0.717) is 29.6 Å². The minimum Gasteiger partial charge on any atom is -0.493 e. The van der Waals surface area contributed by atoms with Gasteiger partial charge in [0.05, 0.1) is 32.2 Å². The summed E-state index contributed by atoms with van der Waals surface area (Å²) in [5.74, 6) is 0.903. The lowest BCUT2D eigenvalue weighted by Crippen LogP contribution is -2.31. The van der Waals surface area contributed by atoms with Gasteiger partial charge in [-0.15, -0.1) is 5.10 Å². The van der Waals surface area contributed by atoms with Gasteiger partial charge in [0.2, 0.25) is 5.91 Å². The zero-order valence-electron chi connectivity index (χ0n) is 16.5. The van der Waals surface area contributed by atoms with Crippen LogP contribution in [0.4, 0.5) is 4.39 Å². The second kappa shape index (κ2) is 9.56. The molecule has 1 atom stereocenters. The number of nitrogens with zero attached hydrogens (tertiary/aromatic N) is 3. The Morgan fingerprint density at radius 3 is 2.52 bits per heavy atom. The van der Waals surface area contributed by atoms with Crippen molar-refractivity contribution in [2.45, 2.75) is 25.1 Å². The summed E-state index contributed by atoms with van der Waals surface area (Å²) in [7, 11) is 3.14. The van der Waals surface area contributed by atoms with Gasteiger partial charge >= 0.3 is 0 Å². The van der Waals surface area contributed by atoms with Crippen molar-refractivity contribution in [1.82, 2.24) is 4.90 Å². The maximum absolute atomic E-state index is 13.2. The summed E-state index contributed by atoms with van der Waals surface area (Å²) in [6.45, 7) is 2.29. The van der Waals surface area contributed by atoms with E-state index < -0.39 is 0 Å². The topological polar surface area (TPSA) is 63.5 Å². The fraction of sp³-hybridized carbons (Fsp3) is 0.286. The summed E-state index contributed by atoms with van der Waals surface area (Å²) < 4.78 is 23.7. The molecule has 2 aromatic rings. The van der Waals surface area contributed by atoms with Crippen LogP contribution in [0, 0.1) is 5.82 Å². The zero-order valence-corrected chi connectivity index (χ0v) is 17.3. The number of methoxy groups -OCH3 is 2. The van der Waals surface area contributed by atoms with Crippen LogP contribution in [-0.4, -0.2) is 41.7 Å². The minimum absolute atomic E-state index is 0.0121. The fourth-order valence-corrected chi connectivity index (χ4v) is 3.87. The van der Waals surface area contributed by atoms with Crippen molar-refractivity contribution < 1.29 is 18.7 Å². The molecule has 0 saturated carbocycles. The molecule has 1 aliphatic heterocycles. The van der Waals surface area contributed by atoms with Crippen molar-refractivity contribution in [3.63, 3.8) is 0 Å². The van der Waals surface area contributed by atoms with E-state index in [1.807, 2.05) is 13.0 Å². The highest BCUT2D eigenvalue weighted by atomic mass is 32.2. The second-order valence-corrected chi connectivity index (χ2v) is 7.48. The van der Waals surface area contributed by atoms with Crippen LogP contribution in [0.25, 0.3) is 0 Å². The van der Waals surface area contributed by atoms with Crippen molar-refractivity contribution in [1.29, 1.82) is 0 Å². The Morgan fingerprint density at radius 2 is 1.86 bits per heavy atom. The maximum Gasteiger partial charge on any atom is 0.242 e. The number of halogens is 1. The van der Waals surface area contributed by atoms with Gasteiger partial charge in [0.1, 0.15) is 5.82 Å². The standard InChI is InChI=1S/C21H22FN3O3S/c1-4-19-20(26)25(13-14-5-8-16(22)9-6-14)21(29-19)24-23-12-15-7-10-17(27-2)18(11-15)28-3/h5-12,19H,4,13H2,1-3H3/b23-12-,24-21+/t19-/m0/s1. The van der Waals surface area contributed by atoms with Gasteiger partial charge in [0.15, 0.2) is 16.7 Å². The van der Waals surface area contributed by atoms with Crippen LogP contribution in [0.3, 0.4) is 0 Å². The molecule has 0 spiro atoms. The van der Waals surface area contributed by atoms with Crippen LogP contribution in [-0.2, 0) is 11.3 Å². The molecule has 0 radical (unpaired) electrons. The number of rotatable bonds is 7. The van der Waals surface area contributed by atoms with E-state index >= 15 is 0 Å². The van der Waals surface area contributed by atoms with Crippen LogP contribution < -0.4 is 9.47 Å². The lowest BCUT2D eigenvalue weighted by atomic mass is 10.2. The van der Waals surface area contributed by atoms with Crippen molar-refractivity contribution in [3.05, 3.63) is 59.4 Å². The number of carbonyl (C=O) groups is 1.